The summed E-state index contributed by atoms with van der Waals surface area (Å²) in [6.45, 7) is 0. The zero-order valence-corrected chi connectivity index (χ0v) is 10.9. The third-order valence-electron chi connectivity index (χ3n) is 1.41. The molecule has 0 unspecified atom stereocenters. The normalized spacial score (nSPS) is 11.9. The van der Waals surface area contributed by atoms with Crippen LogP contribution in [0.2, 0.25) is 0 Å². The predicted molar refractivity (Wildman–Crippen MR) is 63.8 cm³/mol. The lowest BCUT2D eigenvalue weighted by Gasteiger charge is -1.89. The smallest absolute Gasteiger partial charge is 0.263 e. The van der Waals surface area contributed by atoms with Gasteiger partial charge in [0.2, 0.25) is 0 Å². The van der Waals surface area contributed by atoms with Gasteiger partial charge in [-0.25, -0.2) is 4.98 Å². The Bertz CT molecular complexity index is 658. The molecule has 2 N–H and O–H groups in total. The van der Waals surface area contributed by atoms with Crippen LogP contribution in [0.15, 0.2) is 29.8 Å². The Morgan fingerprint density at radius 1 is 1.06 bits per heavy atom. The number of fused-ring (bicyclic) bond motifs is 1. The summed E-state index contributed by atoms with van der Waals surface area (Å²) < 4.78 is 56.8. The first kappa shape index (κ1) is 14.9. The summed E-state index contributed by atoms with van der Waals surface area (Å²) in [5.74, 6) is 0. The monoisotopic (exact) mass is 313 g/mol. The van der Waals surface area contributed by atoms with Gasteiger partial charge in [-0.05, 0) is 12.1 Å². The summed E-state index contributed by atoms with van der Waals surface area (Å²) in [7, 11) is -10.2. The molecular formula is C7H7NO7S3. The van der Waals surface area contributed by atoms with Crippen LogP contribution < -0.4 is 0 Å². The molecule has 0 aliphatic rings. The van der Waals surface area contributed by atoms with Gasteiger partial charge in [-0.15, -0.1) is 15.0 Å². The highest BCUT2D eigenvalue weighted by molar-refractivity contribution is 7.94. The number of para-hydroxylation sites is 1. The fourth-order valence-corrected chi connectivity index (χ4v) is 2.46. The van der Waals surface area contributed by atoms with Gasteiger partial charge in [0, 0.05) is 0 Å². The van der Waals surface area contributed by atoms with Crippen molar-refractivity contribution in [3.05, 3.63) is 29.8 Å². The largest absolute Gasteiger partial charge is 0.413 e. The minimum Gasteiger partial charge on any atom is -0.263 e. The molecule has 0 fully saturated rings. The molecule has 0 aliphatic carbocycles. The standard InChI is InChI=1S/C7H5NS.H2O7S2/c1-2-4-7-6(3-1)8-5-9-7;1-8(2,3)7-9(4,5)6/h1-5H;(H,1,2,3)(H,4,5,6). The Labute approximate surface area is 107 Å². The Morgan fingerprint density at radius 3 is 2.06 bits per heavy atom. The van der Waals surface area contributed by atoms with E-state index in [9.17, 15) is 16.8 Å². The molecular weight excluding hydrogens is 306 g/mol. The van der Waals surface area contributed by atoms with E-state index < -0.39 is 20.8 Å². The molecule has 0 saturated carbocycles. The van der Waals surface area contributed by atoms with E-state index in [1.165, 1.54) is 4.70 Å². The van der Waals surface area contributed by atoms with Crippen molar-refractivity contribution in [2.45, 2.75) is 0 Å². The number of hydrogen-bond donors (Lipinski definition) is 2. The SMILES string of the molecule is O=S(=O)(O)OS(=O)(=O)O.c1ccc2scnc2c1. The van der Waals surface area contributed by atoms with Gasteiger partial charge in [0.25, 0.3) is 0 Å². The molecule has 0 bridgehead atoms. The first-order chi connectivity index (χ1) is 8.17. The van der Waals surface area contributed by atoms with Crippen molar-refractivity contribution in [3.63, 3.8) is 0 Å². The van der Waals surface area contributed by atoms with Crippen molar-refractivity contribution >= 4 is 42.4 Å². The molecule has 0 amide bonds. The zero-order valence-electron chi connectivity index (χ0n) is 8.49. The first-order valence-corrected chi connectivity index (χ1v) is 7.72. The van der Waals surface area contributed by atoms with E-state index in [1.807, 2.05) is 23.7 Å². The molecule has 0 spiro atoms. The van der Waals surface area contributed by atoms with Crippen molar-refractivity contribution in [2.24, 2.45) is 0 Å². The second kappa shape index (κ2) is 5.69. The van der Waals surface area contributed by atoms with E-state index in [4.69, 9.17) is 9.11 Å². The van der Waals surface area contributed by atoms with Crippen molar-refractivity contribution in [3.8, 4) is 0 Å². The maximum atomic E-state index is 9.44. The van der Waals surface area contributed by atoms with Crippen LogP contribution in [-0.2, 0) is 24.4 Å². The van der Waals surface area contributed by atoms with Crippen LogP contribution in [0.3, 0.4) is 0 Å². The van der Waals surface area contributed by atoms with Gasteiger partial charge < -0.3 is 0 Å². The van der Waals surface area contributed by atoms with E-state index in [0.29, 0.717) is 0 Å². The Balaban J connectivity index is 0.000000180. The maximum absolute atomic E-state index is 9.44. The van der Waals surface area contributed by atoms with Crippen LogP contribution >= 0.6 is 11.3 Å². The molecule has 18 heavy (non-hydrogen) atoms. The average Bonchev–Trinajstić information content (AvgIpc) is 2.59. The van der Waals surface area contributed by atoms with Crippen molar-refractivity contribution in [1.82, 2.24) is 4.98 Å². The third-order valence-corrected chi connectivity index (χ3v) is 3.59. The summed E-state index contributed by atoms with van der Waals surface area (Å²) in [5.41, 5.74) is 2.97. The van der Waals surface area contributed by atoms with Crippen LogP contribution in [0.4, 0.5) is 0 Å². The number of benzene rings is 1. The molecule has 0 radical (unpaired) electrons. The van der Waals surface area contributed by atoms with Gasteiger partial charge in [-0.1, -0.05) is 12.1 Å². The van der Waals surface area contributed by atoms with Crippen molar-refractivity contribution < 1.29 is 29.6 Å². The predicted octanol–water partition coefficient (Wildman–Crippen LogP) is 0.905. The molecule has 100 valence electrons. The number of aromatic nitrogens is 1. The van der Waals surface area contributed by atoms with E-state index in [-0.39, 0.29) is 0 Å². The molecule has 0 aliphatic heterocycles. The van der Waals surface area contributed by atoms with Crippen LogP contribution in [0.5, 0.6) is 0 Å². The van der Waals surface area contributed by atoms with E-state index in [0.717, 1.165) is 5.52 Å². The minimum absolute atomic E-state index is 1.10. The lowest BCUT2D eigenvalue weighted by molar-refractivity contribution is 0.344. The number of thiazole rings is 1. The molecule has 2 rings (SSSR count). The van der Waals surface area contributed by atoms with Gasteiger partial charge >= 0.3 is 20.8 Å². The molecule has 11 heteroatoms. The summed E-state index contributed by atoms with van der Waals surface area (Å²) in [6.07, 6.45) is 0. The quantitative estimate of drug-likeness (QED) is 0.782. The molecule has 8 nitrogen and oxygen atoms in total. The molecule has 0 atom stereocenters. The van der Waals surface area contributed by atoms with Gasteiger partial charge in [-0.2, -0.15) is 16.8 Å². The third kappa shape index (κ3) is 6.00. The van der Waals surface area contributed by atoms with Crippen LogP contribution in [-0.4, -0.2) is 30.9 Å². The highest BCUT2D eigenvalue weighted by Gasteiger charge is 2.15. The molecule has 2 aromatic rings. The highest BCUT2D eigenvalue weighted by atomic mass is 32.3. The molecule has 1 heterocycles. The lowest BCUT2D eigenvalue weighted by Crippen LogP contribution is -2.10. The summed E-state index contributed by atoms with van der Waals surface area (Å²) >= 11 is 1.68. The van der Waals surface area contributed by atoms with E-state index >= 15 is 0 Å². The fourth-order valence-electron chi connectivity index (χ4n) is 0.912. The van der Waals surface area contributed by atoms with Crippen LogP contribution in [0.1, 0.15) is 0 Å². The van der Waals surface area contributed by atoms with Crippen LogP contribution in [0.25, 0.3) is 10.2 Å². The van der Waals surface area contributed by atoms with Gasteiger partial charge in [0.15, 0.2) is 0 Å². The topological polar surface area (TPSA) is 131 Å². The highest BCUT2D eigenvalue weighted by Crippen LogP contribution is 2.15. The summed E-state index contributed by atoms with van der Waals surface area (Å²) in [4.78, 5) is 4.14. The second-order valence-electron chi connectivity index (χ2n) is 2.74. The lowest BCUT2D eigenvalue weighted by atomic mass is 10.3. The van der Waals surface area contributed by atoms with Gasteiger partial charge in [0.05, 0.1) is 15.7 Å². The van der Waals surface area contributed by atoms with Crippen molar-refractivity contribution in [2.75, 3.05) is 0 Å². The molecule has 0 saturated heterocycles. The number of hydrogen-bond acceptors (Lipinski definition) is 7. The Morgan fingerprint density at radius 2 is 1.61 bits per heavy atom. The Hall–Kier alpha value is -1.11. The van der Waals surface area contributed by atoms with Gasteiger partial charge in [-0.3, -0.25) is 9.11 Å². The maximum Gasteiger partial charge on any atom is 0.413 e. The second-order valence-corrected chi connectivity index (χ2v) is 5.89. The van der Waals surface area contributed by atoms with Crippen molar-refractivity contribution in [1.29, 1.82) is 0 Å². The molecule has 1 aromatic carbocycles. The summed E-state index contributed by atoms with van der Waals surface area (Å²) in [5, 5.41) is 0. The zero-order chi connectivity index (χ0) is 13.8. The van der Waals surface area contributed by atoms with Gasteiger partial charge in [0.1, 0.15) is 0 Å². The fraction of sp³-hybridized carbons (Fsp3) is 0. The summed E-state index contributed by atoms with van der Waals surface area (Å²) in [6, 6.07) is 8.13. The average molecular weight is 313 g/mol. The number of nitrogens with zero attached hydrogens (tertiary/aromatic N) is 1. The first-order valence-electron chi connectivity index (χ1n) is 4.11. The van der Waals surface area contributed by atoms with E-state index in [2.05, 4.69) is 14.7 Å². The van der Waals surface area contributed by atoms with E-state index in [1.54, 1.807) is 11.3 Å². The van der Waals surface area contributed by atoms with Crippen LogP contribution in [0, 0.1) is 0 Å². The minimum atomic E-state index is -5.12. The number of rotatable bonds is 2. The Kier molecular flexibility index (Phi) is 4.72. The molecule has 1 aromatic heterocycles.